The van der Waals surface area contributed by atoms with Crippen molar-refractivity contribution in [2.75, 3.05) is 12.4 Å². The maximum atomic E-state index is 12.4. The van der Waals surface area contributed by atoms with Crippen molar-refractivity contribution < 1.29 is 19.4 Å². The first-order chi connectivity index (χ1) is 12.2. The molecule has 0 aromatic heterocycles. The summed E-state index contributed by atoms with van der Waals surface area (Å²) in [4.78, 5) is 24.4. The van der Waals surface area contributed by atoms with E-state index in [1.54, 1.807) is 36.4 Å². The van der Waals surface area contributed by atoms with Gasteiger partial charge in [-0.2, -0.15) is 0 Å². The van der Waals surface area contributed by atoms with E-state index in [-0.39, 0.29) is 24.1 Å². The number of nitrogens with one attached hydrogen (secondary N) is 2. The van der Waals surface area contributed by atoms with Crippen molar-refractivity contribution in [3.63, 3.8) is 0 Å². The molecular formula is C20H24N2O4. The largest absolute Gasteiger partial charge is 0.504 e. The first-order valence-corrected chi connectivity index (χ1v) is 8.26. The number of phenols is 1. The lowest BCUT2D eigenvalue weighted by Gasteiger charge is -2.18. The van der Waals surface area contributed by atoms with Gasteiger partial charge in [0.05, 0.1) is 7.11 Å². The highest BCUT2D eigenvalue weighted by molar-refractivity contribution is 5.98. The maximum absolute atomic E-state index is 12.4. The number of ether oxygens (including phenoxy) is 1. The predicted molar refractivity (Wildman–Crippen MR) is 100 cm³/mol. The van der Waals surface area contributed by atoms with Crippen LogP contribution >= 0.6 is 0 Å². The molecule has 0 bridgehead atoms. The van der Waals surface area contributed by atoms with E-state index in [1.165, 1.54) is 13.2 Å². The minimum absolute atomic E-state index is 0.0462. The predicted octanol–water partition coefficient (Wildman–Crippen LogP) is 3.32. The molecule has 2 aromatic rings. The summed E-state index contributed by atoms with van der Waals surface area (Å²) in [5, 5.41) is 15.2. The molecule has 2 amide bonds. The van der Waals surface area contributed by atoms with Gasteiger partial charge in [-0.15, -0.1) is 0 Å². The van der Waals surface area contributed by atoms with E-state index < -0.39 is 5.41 Å². The molecule has 0 aliphatic carbocycles. The third kappa shape index (κ3) is 4.99. The Morgan fingerprint density at radius 1 is 1.12 bits per heavy atom. The Morgan fingerprint density at radius 3 is 2.50 bits per heavy atom. The fourth-order valence-corrected chi connectivity index (χ4v) is 2.17. The maximum Gasteiger partial charge on any atom is 0.251 e. The van der Waals surface area contributed by atoms with Gasteiger partial charge >= 0.3 is 0 Å². The quantitative estimate of drug-likeness (QED) is 0.767. The molecular weight excluding hydrogens is 332 g/mol. The molecule has 6 heteroatoms. The molecule has 0 saturated heterocycles. The molecule has 0 heterocycles. The highest BCUT2D eigenvalue weighted by Crippen LogP contribution is 2.26. The zero-order valence-corrected chi connectivity index (χ0v) is 15.4. The molecule has 6 nitrogen and oxygen atoms in total. The average Bonchev–Trinajstić information content (AvgIpc) is 2.60. The zero-order valence-electron chi connectivity index (χ0n) is 15.4. The van der Waals surface area contributed by atoms with Gasteiger partial charge < -0.3 is 20.5 Å². The van der Waals surface area contributed by atoms with E-state index in [1.807, 2.05) is 20.8 Å². The lowest BCUT2D eigenvalue weighted by atomic mass is 9.95. The normalized spacial score (nSPS) is 10.9. The number of phenolic OH excluding ortho intramolecular Hbond substituents is 1. The SMILES string of the molecule is COc1cc(CNC(=O)c2cccc(NC(=O)C(C)(C)C)c2)ccc1O. The third-order valence-electron chi connectivity index (χ3n) is 3.76. The first-order valence-electron chi connectivity index (χ1n) is 8.26. The zero-order chi connectivity index (χ0) is 19.3. The smallest absolute Gasteiger partial charge is 0.251 e. The third-order valence-corrected chi connectivity index (χ3v) is 3.76. The van der Waals surface area contributed by atoms with Crippen molar-refractivity contribution in [1.82, 2.24) is 5.32 Å². The number of aromatic hydroxyl groups is 1. The summed E-state index contributed by atoms with van der Waals surface area (Å²) in [5.41, 5.74) is 1.30. The molecule has 2 rings (SSSR count). The number of hydrogen-bond acceptors (Lipinski definition) is 4. The minimum atomic E-state index is -0.518. The van der Waals surface area contributed by atoms with E-state index in [9.17, 15) is 14.7 Å². The molecule has 0 unspecified atom stereocenters. The van der Waals surface area contributed by atoms with Crippen LogP contribution in [-0.2, 0) is 11.3 Å². The molecule has 0 aliphatic heterocycles. The number of carbonyl (C=O) groups excluding carboxylic acids is 2. The minimum Gasteiger partial charge on any atom is -0.504 e. The first kappa shape index (κ1) is 19.3. The second-order valence-corrected chi connectivity index (χ2v) is 6.97. The van der Waals surface area contributed by atoms with Crippen LogP contribution in [0.2, 0.25) is 0 Å². The second kappa shape index (κ2) is 7.91. The van der Waals surface area contributed by atoms with Crippen LogP contribution in [0.3, 0.4) is 0 Å². The molecule has 138 valence electrons. The lowest BCUT2D eigenvalue weighted by Crippen LogP contribution is -2.28. The van der Waals surface area contributed by atoms with Gasteiger partial charge in [0, 0.05) is 23.2 Å². The lowest BCUT2D eigenvalue weighted by molar-refractivity contribution is -0.123. The Balaban J connectivity index is 2.04. The van der Waals surface area contributed by atoms with Crippen LogP contribution in [0, 0.1) is 5.41 Å². The van der Waals surface area contributed by atoms with Crippen molar-refractivity contribution in [3.8, 4) is 11.5 Å². The van der Waals surface area contributed by atoms with Gasteiger partial charge in [-0.25, -0.2) is 0 Å². The standard InChI is InChI=1S/C20H24N2O4/c1-20(2,3)19(25)22-15-7-5-6-14(11-15)18(24)21-12-13-8-9-16(23)17(10-13)26-4/h5-11,23H,12H2,1-4H3,(H,21,24)(H,22,25). The van der Waals surface area contributed by atoms with Gasteiger partial charge in [-0.3, -0.25) is 9.59 Å². The molecule has 0 fully saturated rings. The summed E-state index contributed by atoms with van der Waals surface area (Å²) in [5.74, 6) is 0.0173. The van der Waals surface area contributed by atoms with Gasteiger partial charge in [0.15, 0.2) is 11.5 Å². The van der Waals surface area contributed by atoms with E-state index in [2.05, 4.69) is 10.6 Å². The van der Waals surface area contributed by atoms with Crippen LogP contribution in [0.1, 0.15) is 36.7 Å². The summed E-state index contributed by atoms with van der Waals surface area (Å²) >= 11 is 0. The Morgan fingerprint density at radius 2 is 1.85 bits per heavy atom. The topological polar surface area (TPSA) is 87.7 Å². The van der Waals surface area contributed by atoms with Crippen molar-refractivity contribution in [3.05, 3.63) is 53.6 Å². The van der Waals surface area contributed by atoms with Crippen LogP contribution in [-0.4, -0.2) is 24.0 Å². The molecule has 3 N–H and O–H groups in total. The van der Waals surface area contributed by atoms with Gasteiger partial charge in [-0.05, 0) is 35.9 Å². The van der Waals surface area contributed by atoms with Crippen LogP contribution in [0.4, 0.5) is 5.69 Å². The molecule has 0 saturated carbocycles. The number of hydrogen-bond donors (Lipinski definition) is 3. The Bertz CT molecular complexity index is 810. The highest BCUT2D eigenvalue weighted by atomic mass is 16.5. The highest BCUT2D eigenvalue weighted by Gasteiger charge is 2.21. The van der Waals surface area contributed by atoms with Crippen LogP contribution in [0.25, 0.3) is 0 Å². The summed E-state index contributed by atoms with van der Waals surface area (Å²) in [6.07, 6.45) is 0. The monoisotopic (exact) mass is 356 g/mol. The summed E-state index contributed by atoms with van der Waals surface area (Å²) in [6.45, 7) is 5.76. The molecule has 0 radical (unpaired) electrons. The molecule has 0 spiro atoms. The fourth-order valence-electron chi connectivity index (χ4n) is 2.17. The molecule has 0 atom stereocenters. The summed E-state index contributed by atoms with van der Waals surface area (Å²) < 4.78 is 5.05. The Kier molecular flexibility index (Phi) is 5.87. The van der Waals surface area contributed by atoms with Crippen LogP contribution in [0.5, 0.6) is 11.5 Å². The van der Waals surface area contributed by atoms with Gasteiger partial charge in [-0.1, -0.05) is 32.9 Å². The Hall–Kier alpha value is -3.02. The van der Waals surface area contributed by atoms with Crippen molar-refractivity contribution in [2.24, 2.45) is 5.41 Å². The van der Waals surface area contributed by atoms with Crippen molar-refractivity contribution in [1.29, 1.82) is 0 Å². The number of methoxy groups -OCH3 is 1. The molecule has 2 aromatic carbocycles. The van der Waals surface area contributed by atoms with Crippen LogP contribution in [0.15, 0.2) is 42.5 Å². The molecule has 26 heavy (non-hydrogen) atoms. The molecule has 0 aliphatic rings. The second-order valence-electron chi connectivity index (χ2n) is 6.97. The van der Waals surface area contributed by atoms with E-state index in [0.717, 1.165) is 5.56 Å². The fraction of sp³-hybridized carbons (Fsp3) is 0.300. The number of amides is 2. The Labute approximate surface area is 153 Å². The van der Waals surface area contributed by atoms with Gasteiger partial charge in [0.2, 0.25) is 5.91 Å². The summed E-state index contributed by atoms with van der Waals surface area (Å²) in [6, 6.07) is 11.7. The van der Waals surface area contributed by atoms with E-state index >= 15 is 0 Å². The van der Waals surface area contributed by atoms with E-state index in [4.69, 9.17) is 4.74 Å². The van der Waals surface area contributed by atoms with E-state index in [0.29, 0.717) is 17.0 Å². The average molecular weight is 356 g/mol. The number of anilines is 1. The van der Waals surface area contributed by atoms with Gasteiger partial charge in [0.25, 0.3) is 5.91 Å². The van der Waals surface area contributed by atoms with Crippen LogP contribution < -0.4 is 15.4 Å². The van der Waals surface area contributed by atoms with Gasteiger partial charge in [0.1, 0.15) is 0 Å². The van der Waals surface area contributed by atoms with Crippen molar-refractivity contribution >= 4 is 17.5 Å². The van der Waals surface area contributed by atoms with Crippen molar-refractivity contribution in [2.45, 2.75) is 27.3 Å². The number of carbonyl (C=O) groups is 2. The summed E-state index contributed by atoms with van der Waals surface area (Å²) in [7, 11) is 1.47. The number of rotatable bonds is 5. The number of benzene rings is 2.